The molecule has 0 aliphatic carbocycles. The summed E-state index contributed by atoms with van der Waals surface area (Å²) >= 11 is 0. The van der Waals surface area contributed by atoms with Gasteiger partial charge in [-0.2, -0.15) is 9.78 Å². The van der Waals surface area contributed by atoms with E-state index in [0.717, 1.165) is 29.2 Å². The predicted octanol–water partition coefficient (Wildman–Crippen LogP) is 3.81. The quantitative estimate of drug-likeness (QED) is 0.556. The van der Waals surface area contributed by atoms with Crippen LogP contribution in [-0.2, 0) is 4.79 Å². The fourth-order valence-electron chi connectivity index (χ4n) is 3.79. The number of carbonyl (C=O) groups excluding carboxylic acids is 1. The number of rotatable bonds is 2. The molecule has 0 saturated carbocycles. The van der Waals surface area contributed by atoms with Crippen molar-refractivity contribution in [3.63, 3.8) is 0 Å². The van der Waals surface area contributed by atoms with Crippen molar-refractivity contribution >= 4 is 22.8 Å². The van der Waals surface area contributed by atoms with Crippen molar-refractivity contribution in [1.82, 2.24) is 19.7 Å². The number of hydrogen-bond acceptors (Lipinski definition) is 3. The maximum atomic E-state index is 14.4. The van der Waals surface area contributed by atoms with Crippen LogP contribution in [0, 0.1) is 18.6 Å². The molecule has 0 saturated heterocycles. The van der Waals surface area contributed by atoms with E-state index < -0.39 is 17.6 Å². The first-order chi connectivity index (χ1) is 13.5. The monoisotopic (exact) mass is 379 g/mol. The van der Waals surface area contributed by atoms with Gasteiger partial charge in [-0.25, -0.2) is 13.8 Å². The maximum absolute atomic E-state index is 14.4. The van der Waals surface area contributed by atoms with Crippen LogP contribution in [0.15, 0.2) is 42.5 Å². The van der Waals surface area contributed by atoms with E-state index in [9.17, 15) is 13.6 Å². The number of anilines is 1. The van der Waals surface area contributed by atoms with Crippen molar-refractivity contribution in [3.05, 3.63) is 70.9 Å². The van der Waals surface area contributed by atoms with Gasteiger partial charge in [0.25, 0.3) is 0 Å². The van der Waals surface area contributed by atoms with E-state index in [1.165, 1.54) is 4.68 Å². The number of fused-ring (bicyclic) bond motifs is 2. The molecule has 2 aromatic heterocycles. The van der Waals surface area contributed by atoms with Gasteiger partial charge in [-0.1, -0.05) is 12.1 Å². The van der Waals surface area contributed by atoms with Crippen LogP contribution >= 0.6 is 0 Å². The molecule has 1 atom stereocenters. The second kappa shape index (κ2) is 5.98. The second-order valence-electron chi connectivity index (χ2n) is 6.81. The van der Waals surface area contributed by atoms with Crippen molar-refractivity contribution < 1.29 is 13.6 Å². The fraction of sp³-hybridized carbons (Fsp3) is 0.150. The Labute approximate surface area is 158 Å². The lowest BCUT2D eigenvalue weighted by atomic mass is 9.85. The van der Waals surface area contributed by atoms with Crippen LogP contribution in [0.4, 0.5) is 14.6 Å². The first kappa shape index (κ1) is 16.6. The molecule has 28 heavy (non-hydrogen) atoms. The zero-order valence-electron chi connectivity index (χ0n) is 14.8. The molecule has 0 radical (unpaired) electrons. The van der Waals surface area contributed by atoms with Crippen molar-refractivity contribution in [2.75, 3.05) is 5.32 Å². The number of H-pyrrole nitrogens is 1. The molecule has 3 heterocycles. The first-order valence-corrected chi connectivity index (χ1v) is 8.80. The SMILES string of the molecule is Cc1nn(-c2nc3ccccc3[nH]2)c2c1C(c1cc(F)ccc1F)CC(=O)N2. The summed E-state index contributed by atoms with van der Waals surface area (Å²) in [5, 5.41) is 7.32. The normalized spacial score (nSPS) is 16.2. The number of hydrogen-bond donors (Lipinski definition) is 2. The van der Waals surface area contributed by atoms with Crippen LogP contribution < -0.4 is 5.32 Å². The molecule has 0 fully saturated rings. The summed E-state index contributed by atoms with van der Waals surface area (Å²) in [4.78, 5) is 20.1. The number of nitrogens with zero attached hydrogens (tertiary/aromatic N) is 3. The van der Waals surface area contributed by atoms with E-state index in [1.807, 2.05) is 24.3 Å². The van der Waals surface area contributed by atoms with Crippen LogP contribution in [0.1, 0.15) is 29.2 Å². The van der Waals surface area contributed by atoms with Gasteiger partial charge in [0.1, 0.15) is 17.5 Å². The zero-order chi connectivity index (χ0) is 19.4. The number of aromatic amines is 1. The Bertz CT molecular complexity index is 1210. The smallest absolute Gasteiger partial charge is 0.231 e. The topological polar surface area (TPSA) is 75.6 Å². The van der Waals surface area contributed by atoms with Crippen LogP contribution in [0.25, 0.3) is 17.0 Å². The largest absolute Gasteiger partial charge is 0.322 e. The van der Waals surface area contributed by atoms with Gasteiger partial charge in [0.05, 0.1) is 16.7 Å². The molecule has 1 aliphatic rings. The molecule has 1 unspecified atom stereocenters. The lowest BCUT2D eigenvalue weighted by Gasteiger charge is -2.24. The molecule has 4 aromatic rings. The lowest BCUT2D eigenvalue weighted by Crippen LogP contribution is -2.25. The molecule has 6 nitrogen and oxygen atoms in total. The average Bonchev–Trinajstić information content (AvgIpc) is 3.24. The van der Waals surface area contributed by atoms with Gasteiger partial charge in [-0.15, -0.1) is 0 Å². The van der Waals surface area contributed by atoms with Crippen LogP contribution in [0.5, 0.6) is 0 Å². The van der Waals surface area contributed by atoms with Crippen LogP contribution in [0.3, 0.4) is 0 Å². The summed E-state index contributed by atoms with van der Waals surface area (Å²) in [6.07, 6.45) is 0.0139. The Morgan fingerprint density at radius 1 is 1.18 bits per heavy atom. The third-order valence-electron chi connectivity index (χ3n) is 5.01. The Kier molecular flexibility index (Phi) is 3.55. The van der Waals surface area contributed by atoms with E-state index >= 15 is 0 Å². The number of nitrogens with one attached hydrogen (secondary N) is 2. The van der Waals surface area contributed by atoms with Gasteiger partial charge < -0.3 is 10.3 Å². The van der Waals surface area contributed by atoms with E-state index in [2.05, 4.69) is 20.4 Å². The lowest BCUT2D eigenvalue weighted by molar-refractivity contribution is -0.116. The fourth-order valence-corrected chi connectivity index (χ4v) is 3.79. The van der Waals surface area contributed by atoms with Crippen molar-refractivity contribution in [2.45, 2.75) is 19.3 Å². The summed E-state index contributed by atoms with van der Waals surface area (Å²) in [6, 6.07) is 10.8. The van der Waals surface area contributed by atoms with E-state index in [0.29, 0.717) is 23.0 Å². The van der Waals surface area contributed by atoms with E-state index in [-0.39, 0.29) is 17.9 Å². The molecule has 1 aliphatic heterocycles. The number of benzene rings is 2. The Balaban J connectivity index is 1.70. The number of amides is 1. The van der Waals surface area contributed by atoms with Gasteiger partial charge in [0, 0.05) is 17.9 Å². The second-order valence-corrected chi connectivity index (χ2v) is 6.81. The molecule has 0 bridgehead atoms. The maximum Gasteiger partial charge on any atom is 0.231 e. The minimum atomic E-state index is -0.627. The van der Waals surface area contributed by atoms with E-state index in [1.54, 1.807) is 6.92 Å². The van der Waals surface area contributed by atoms with E-state index in [4.69, 9.17) is 0 Å². The minimum absolute atomic E-state index is 0.0139. The third kappa shape index (κ3) is 2.49. The predicted molar refractivity (Wildman–Crippen MR) is 99.4 cm³/mol. The Morgan fingerprint density at radius 2 is 2.00 bits per heavy atom. The highest BCUT2D eigenvalue weighted by atomic mass is 19.1. The summed E-state index contributed by atoms with van der Waals surface area (Å²) < 4.78 is 29.7. The molecule has 2 aromatic carbocycles. The third-order valence-corrected chi connectivity index (χ3v) is 5.01. The van der Waals surface area contributed by atoms with Crippen molar-refractivity contribution in [2.24, 2.45) is 0 Å². The molecule has 140 valence electrons. The van der Waals surface area contributed by atoms with Gasteiger partial charge in [0.2, 0.25) is 11.9 Å². The zero-order valence-corrected chi connectivity index (χ0v) is 14.8. The van der Waals surface area contributed by atoms with Gasteiger partial charge in [-0.3, -0.25) is 4.79 Å². The number of para-hydroxylation sites is 2. The summed E-state index contributed by atoms with van der Waals surface area (Å²) in [6.45, 7) is 1.78. The number of halogens is 2. The number of carbonyl (C=O) groups is 1. The van der Waals surface area contributed by atoms with Gasteiger partial charge in [-0.05, 0) is 42.8 Å². The first-order valence-electron chi connectivity index (χ1n) is 8.80. The van der Waals surface area contributed by atoms with Gasteiger partial charge in [0.15, 0.2) is 0 Å². The summed E-state index contributed by atoms with van der Waals surface area (Å²) in [5.74, 6) is -1.17. The summed E-state index contributed by atoms with van der Waals surface area (Å²) in [5.41, 5.74) is 3.00. The molecular weight excluding hydrogens is 364 g/mol. The number of aromatic nitrogens is 4. The molecule has 0 spiro atoms. The standard InChI is InChI=1S/C20H15F2N5O/c1-10-18-13(12-8-11(21)6-7-14(12)22)9-17(28)25-19(18)27(26-10)20-23-15-4-2-3-5-16(15)24-20/h2-8,13H,9H2,1H3,(H,23,24)(H,25,28). The Hall–Kier alpha value is -3.55. The molecule has 5 rings (SSSR count). The average molecular weight is 379 g/mol. The van der Waals surface area contributed by atoms with Crippen molar-refractivity contribution in [3.8, 4) is 5.95 Å². The van der Waals surface area contributed by atoms with Crippen LogP contribution in [-0.4, -0.2) is 25.7 Å². The number of imidazole rings is 1. The highest BCUT2D eigenvalue weighted by molar-refractivity contribution is 5.95. The molecule has 1 amide bonds. The molecule has 2 N–H and O–H groups in total. The minimum Gasteiger partial charge on any atom is -0.322 e. The van der Waals surface area contributed by atoms with Gasteiger partial charge >= 0.3 is 0 Å². The van der Waals surface area contributed by atoms with Crippen LogP contribution in [0.2, 0.25) is 0 Å². The highest BCUT2D eigenvalue weighted by Gasteiger charge is 2.34. The van der Waals surface area contributed by atoms with Crippen molar-refractivity contribution in [1.29, 1.82) is 0 Å². The highest BCUT2D eigenvalue weighted by Crippen LogP contribution is 2.41. The summed E-state index contributed by atoms with van der Waals surface area (Å²) in [7, 11) is 0. The molecular formula is C20H15F2N5O. The number of aryl methyl sites for hydroxylation is 1. The Morgan fingerprint density at radius 3 is 2.82 bits per heavy atom. The molecule has 8 heteroatoms.